The third-order valence-electron chi connectivity index (χ3n) is 3.44. The fourth-order valence-electron chi connectivity index (χ4n) is 2.27. The van der Waals surface area contributed by atoms with Gasteiger partial charge in [-0.1, -0.05) is 30.3 Å². The number of nitrogens with two attached hydrogens (primary N) is 1. The molecule has 0 spiro atoms. The zero-order valence-electron chi connectivity index (χ0n) is 11.8. The van der Waals surface area contributed by atoms with Crippen molar-refractivity contribution in [3.8, 4) is 0 Å². The van der Waals surface area contributed by atoms with Gasteiger partial charge < -0.3 is 20.1 Å². The van der Waals surface area contributed by atoms with Gasteiger partial charge in [-0.2, -0.15) is 0 Å². The minimum Gasteiger partial charge on any atom is -0.450 e. The van der Waals surface area contributed by atoms with E-state index in [-0.39, 0.29) is 18.2 Å². The van der Waals surface area contributed by atoms with Crippen molar-refractivity contribution in [3.05, 3.63) is 35.9 Å². The van der Waals surface area contributed by atoms with Gasteiger partial charge in [0.15, 0.2) is 0 Å². The van der Waals surface area contributed by atoms with E-state index in [0.717, 1.165) is 12.0 Å². The fraction of sp³-hybridized carbons (Fsp3) is 0.533. The summed E-state index contributed by atoms with van der Waals surface area (Å²) in [7, 11) is 0. The highest BCUT2D eigenvalue weighted by atomic mass is 16.6. The van der Waals surface area contributed by atoms with Crippen LogP contribution in [0.5, 0.6) is 0 Å². The van der Waals surface area contributed by atoms with E-state index >= 15 is 0 Å². The molecular formula is C15H22N2O3. The van der Waals surface area contributed by atoms with Crippen molar-refractivity contribution in [2.75, 3.05) is 19.7 Å². The zero-order valence-corrected chi connectivity index (χ0v) is 11.8. The van der Waals surface area contributed by atoms with Crippen LogP contribution in [0.3, 0.4) is 0 Å². The number of rotatable bonds is 4. The van der Waals surface area contributed by atoms with Gasteiger partial charge in [0.1, 0.15) is 0 Å². The molecule has 20 heavy (non-hydrogen) atoms. The summed E-state index contributed by atoms with van der Waals surface area (Å²) in [5.74, 6) is 0. The van der Waals surface area contributed by atoms with E-state index in [1.54, 1.807) is 11.8 Å². The Kier molecular flexibility index (Phi) is 5.38. The van der Waals surface area contributed by atoms with Crippen LogP contribution in [0, 0.1) is 0 Å². The molecule has 0 bridgehead atoms. The van der Waals surface area contributed by atoms with Gasteiger partial charge in [-0.15, -0.1) is 0 Å². The molecule has 0 aliphatic carbocycles. The van der Waals surface area contributed by atoms with Gasteiger partial charge in [0.2, 0.25) is 0 Å². The molecule has 5 nitrogen and oxygen atoms in total. The maximum absolute atomic E-state index is 11.7. The van der Waals surface area contributed by atoms with Crippen LogP contribution < -0.4 is 5.73 Å². The van der Waals surface area contributed by atoms with Crippen molar-refractivity contribution in [2.24, 2.45) is 5.73 Å². The molecule has 1 saturated heterocycles. The van der Waals surface area contributed by atoms with Gasteiger partial charge >= 0.3 is 6.09 Å². The Morgan fingerprint density at radius 2 is 2.15 bits per heavy atom. The minimum atomic E-state index is -0.285. The largest absolute Gasteiger partial charge is 0.450 e. The summed E-state index contributed by atoms with van der Waals surface area (Å²) in [4.78, 5) is 13.4. The Balaban J connectivity index is 1.87. The number of amides is 1. The highest BCUT2D eigenvalue weighted by Crippen LogP contribution is 2.15. The number of likely N-dealkylation sites (tertiary alicyclic amines) is 1. The third-order valence-corrected chi connectivity index (χ3v) is 3.44. The first-order valence-corrected chi connectivity index (χ1v) is 7.03. The third kappa shape index (κ3) is 3.95. The summed E-state index contributed by atoms with van der Waals surface area (Å²) in [6, 6.07) is 9.91. The molecule has 1 aromatic rings. The number of ether oxygens (including phenoxy) is 2. The second-order valence-corrected chi connectivity index (χ2v) is 4.93. The van der Waals surface area contributed by atoms with Crippen molar-refractivity contribution in [3.63, 3.8) is 0 Å². The zero-order chi connectivity index (χ0) is 14.4. The number of carbonyl (C=O) groups is 1. The summed E-state index contributed by atoms with van der Waals surface area (Å²) in [6.07, 6.45) is 0.305. The number of hydrogen-bond donors (Lipinski definition) is 1. The molecule has 2 atom stereocenters. The second kappa shape index (κ2) is 7.26. The van der Waals surface area contributed by atoms with Crippen LogP contribution in [-0.2, 0) is 16.1 Å². The maximum Gasteiger partial charge on any atom is 0.409 e. The molecule has 1 aromatic carbocycles. The SMILES string of the molecule is CCOC(=O)N1CCC(N)C(OCc2ccccc2)C1. The van der Waals surface area contributed by atoms with Gasteiger partial charge in [0, 0.05) is 12.6 Å². The van der Waals surface area contributed by atoms with E-state index in [1.165, 1.54) is 0 Å². The lowest BCUT2D eigenvalue weighted by Gasteiger charge is -2.36. The molecule has 0 saturated carbocycles. The van der Waals surface area contributed by atoms with Crippen LogP contribution >= 0.6 is 0 Å². The Labute approximate surface area is 119 Å². The normalized spacial score (nSPS) is 22.6. The first kappa shape index (κ1) is 14.8. The first-order chi connectivity index (χ1) is 9.70. The summed E-state index contributed by atoms with van der Waals surface area (Å²) in [5, 5.41) is 0. The molecule has 1 aliphatic rings. The molecule has 1 aliphatic heterocycles. The molecule has 0 aromatic heterocycles. The average Bonchev–Trinajstić information content (AvgIpc) is 2.47. The molecule has 1 heterocycles. The Bertz CT molecular complexity index is 424. The average molecular weight is 278 g/mol. The molecule has 1 fully saturated rings. The van der Waals surface area contributed by atoms with Gasteiger partial charge in [-0.05, 0) is 18.9 Å². The molecule has 2 N–H and O–H groups in total. The lowest BCUT2D eigenvalue weighted by molar-refractivity contribution is -0.0213. The van der Waals surface area contributed by atoms with E-state index in [1.807, 2.05) is 30.3 Å². The minimum absolute atomic E-state index is 0.0376. The maximum atomic E-state index is 11.7. The summed E-state index contributed by atoms with van der Waals surface area (Å²) in [5.41, 5.74) is 7.18. The monoisotopic (exact) mass is 278 g/mol. The molecule has 2 unspecified atom stereocenters. The molecule has 0 radical (unpaired) electrons. The standard InChI is InChI=1S/C15H22N2O3/c1-2-19-15(18)17-9-8-13(16)14(10-17)20-11-12-6-4-3-5-7-12/h3-7,13-14H,2,8-11,16H2,1H3. The topological polar surface area (TPSA) is 64.8 Å². The summed E-state index contributed by atoms with van der Waals surface area (Å²) in [6.45, 7) is 3.82. The smallest absolute Gasteiger partial charge is 0.409 e. The van der Waals surface area contributed by atoms with Crippen molar-refractivity contribution in [1.29, 1.82) is 0 Å². The van der Waals surface area contributed by atoms with Crippen molar-refractivity contribution in [1.82, 2.24) is 4.90 Å². The van der Waals surface area contributed by atoms with Crippen LogP contribution in [0.15, 0.2) is 30.3 Å². The molecular weight excluding hydrogens is 256 g/mol. The van der Waals surface area contributed by atoms with Crippen LogP contribution in [0.25, 0.3) is 0 Å². The molecule has 1 amide bonds. The van der Waals surface area contributed by atoms with E-state index in [4.69, 9.17) is 15.2 Å². The van der Waals surface area contributed by atoms with Crippen LogP contribution in [-0.4, -0.2) is 42.8 Å². The van der Waals surface area contributed by atoms with Gasteiger partial charge in [-0.3, -0.25) is 0 Å². The van der Waals surface area contributed by atoms with E-state index in [0.29, 0.717) is 26.3 Å². The number of benzene rings is 1. The lowest BCUT2D eigenvalue weighted by atomic mass is 10.0. The van der Waals surface area contributed by atoms with Crippen LogP contribution in [0.1, 0.15) is 18.9 Å². The highest BCUT2D eigenvalue weighted by molar-refractivity contribution is 5.67. The quantitative estimate of drug-likeness (QED) is 0.911. The van der Waals surface area contributed by atoms with E-state index in [9.17, 15) is 4.79 Å². The number of nitrogens with zero attached hydrogens (tertiary/aromatic N) is 1. The van der Waals surface area contributed by atoms with Crippen molar-refractivity contribution >= 4 is 6.09 Å². The van der Waals surface area contributed by atoms with E-state index < -0.39 is 0 Å². The Morgan fingerprint density at radius 3 is 2.85 bits per heavy atom. The second-order valence-electron chi connectivity index (χ2n) is 4.93. The van der Waals surface area contributed by atoms with Crippen LogP contribution in [0.2, 0.25) is 0 Å². The van der Waals surface area contributed by atoms with E-state index in [2.05, 4.69) is 0 Å². The lowest BCUT2D eigenvalue weighted by Crippen LogP contribution is -2.53. The summed E-state index contributed by atoms with van der Waals surface area (Å²) >= 11 is 0. The molecule has 110 valence electrons. The Morgan fingerprint density at radius 1 is 1.40 bits per heavy atom. The van der Waals surface area contributed by atoms with Crippen molar-refractivity contribution in [2.45, 2.75) is 32.1 Å². The van der Waals surface area contributed by atoms with Gasteiger partial charge in [0.25, 0.3) is 0 Å². The van der Waals surface area contributed by atoms with Crippen LogP contribution in [0.4, 0.5) is 4.79 Å². The first-order valence-electron chi connectivity index (χ1n) is 7.03. The fourth-order valence-corrected chi connectivity index (χ4v) is 2.27. The highest BCUT2D eigenvalue weighted by Gasteiger charge is 2.30. The van der Waals surface area contributed by atoms with Gasteiger partial charge in [0.05, 0.1) is 25.9 Å². The number of piperidine rings is 1. The molecule has 5 heteroatoms. The van der Waals surface area contributed by atoms with Crippen molar-refractivity contribution < 1.29 is 14.3 Å². The molecule has 2 rings (SSSR count). The predicted molar refractivity (Wildman–Crippen MR) is 76.2 cm³/mol. The Hall–Kier alpha value is -1.59. The summed E-state index contributed by atoms with van der Waals surface area (Å²) < 4.78 is 10.9. The number of carbonyl (C=O) groups excluding carboxylic acids is 1. The van der Waals surface area contributed by atoms with Gasteiger partial charge in [-0.25, -0.2) is 4.79 Å². The predicted octanol–water partition coefficient (Wildman–Crippen LogP) is 1.76. The number of hydrogen-bond acceptors (Lipinski definition) is 4.